The van der Waals surface area contributed by atoms with E-state index in [0.29, 0.717) is 28.6 Å². The molecule has 8 heteroatoms. The Labute approximate surface area is 168 Å². The van der Waals surface area contributed by atoms with Crippen LogP contribution in [0.2, 0.25) is 0 Å². The van der Waals surface area contributed by atoms with Gasteiger partial charge in [-0.05, 0) is 35.4 Å². The Bertz CT molecular complexity index is 889. The van der Waals surface area contributed by atoms with Gasteiger partial charge in [0.2, 0.25) is 6.79 Å². The van der Waals surface area contributed by atoms with E-state index in [1.54, 1.807) is 37.4 Å². The summed E-state index contributed by atoms with van der Waals surface area (Å²) < 4.78 is 27.3. The number of methoxy groups -OCH3 is 2. The number of aliphatic hydroxyl groups is 2. The Balaban J connectivity index is 1.63. The molecule has 2 aliphatic rings. The first-order valence-electron chi connectivity index (χ1n) is 9.32. The maximum absolute atomic E-state index is 11.1. The molecule has 8 nitrogen and oxygen atoms in total. The van der Waals surface area contributed by atoms with Crippen LogP contribution in [-0.4, -0.2) is 50.0 Å². The summed E-state index contributed by atoms with van der Waals surface area (Å²) in [5.41, 5.74) is 6.79. The number of nitrogens with two attached hydrogens (primary N) is 1. The normalized spacial score (nSPS) is 26.4. The Morgan fingerprint density at radius 2 is 1.86 bits per heavy atom. The van der Waals surface area contributed by atoms with E-state index >= 15 is 0 Å². The molecule has 2 heterocycles. The van der Waals surface area contributed by atoms with Gasteiger partial charge in [0.1, 0.15) is 6.10 Å². The zero-order valence-electron chi connectivity index (χ0n) is 16.3. The third kappa shape index (κ3) is 3.28. The maximum Gasteiger partial charge on any atom is 0.231 e. The highest BCUT2D eigenvalue weighted by atomic mass is 16.7. The Kier molecular flexibility index (Phi) is 5.26. The number of aliphatic hydroxyl groups excluding tert-OH is 2. The minimum Gasteiger partial charge on any atom is -0.493 e. The molecule has 2 aromatic carbocycles. The summed E-state index contributed by atoms with van der Waals surface area (Å²) in [5, 5.41) is 21.3. The van der Waals surface area contributed by atoms with E-state index in [1.165, 1.54) is 7.11 Å². The van der Waals surface area contributed by atoms with Gasteiger partial charge in [0.25, 0.3) is 0 Å². The lowest BCUT2D eigenvalue weighted by Crippen LogP contribution is -2.53. The molecule has 29 heavy (non-hydrogen) atoms. The Morgan fingerprint density at radius 3 is 2.59 bits per heavy atom. The molecule has 1 saturated heterocycles. The molecule has 0 amide bonds. The van der Waals surface area contributed by atoms with Crippen LogP contribution in [-0.2, 0) is 4.74 Å². The van der Waals surface area contributed by atoms with Crippen LogP contribution in [0, 0.1) is 5.92 Å². The fourth-order valence-electron chi connectivity index (χ4n) is 4.04. The molecule has 4 rings (SSSR count). The number of hydrogen-bond acceptors (Lipinski definition) is 8. The van der Waals surface area contributed by atoms with Crippen LogP contribution in [0.15, 0.2) is 36.4 Å². The molecule has 0 aromatic heterocycles. The summed E-state index contributed by atoms with van der Waals surface area (Å²) in [5.74, 6) is 1.78. The lowest BCUT2D eigenvalue weighted by molar-refractivity contribution is 0.0398. The van der Waals surface area contributed by atoms with E-state index in [0.717, 1.165) is 5.56 Å². The van der Waals surface area contributed by atoms with Gasteiger partial charge in [-0.2, -0.15) is 0 Å². The number of fused-ring (bicyclic) bond motifs is 1. The van der Waals surface area contributed by atoms with Crippen LogP contribution in [0.5, 0.6) is 23.0 Å². The zero-order chi connectivity index (χ0) is 20.6. The van der Waals surface area contributed by atoms with Gasteiger partial charge in [0.05, 0.1) is 39.1 Å². The SMILES string of the molecule is COc1ccc([C@@H](O)[C@H]2CO[C@H](c3ccc4c(c3)OCO4)[C@]2(N)CO)cc1OC. The van der Waals surface area contributed by atoms with Crippen molar-refractivity contribution in [3.63, 3.8) is 0 Å². The minimum absolute atomic E-state index is 0.165. The quantitative estimate of drug-likeness (QED) is 0.666. The average molecular weight is 403 g/mol. The van der Waals surface area contributed by atoms with E-state index in [1.807, 2.05) is 6.07 Å². The standard InChI is InChI=1S/C21H25NO7/c1-25-15-5-3-12(7-17(15)26-2)19(24)14-9-27-20(21(14,22)10-23)13-4-6-16-18(8-13)29-11-28-16/h3-8,14,19-20,23-24H,9-11,22H2,1-2H3/t14-,19-,20-,21+/m1/s1. The molecule has 0 bridgehead atoms. The van der Waals surface area contributed by atoms with E-state index in [-0.39, 0.29) is 20.0 Å². The number of hydrogen-bond donors (Lipinski definition) is 3. The maximum atomic E-state index is 11.1. The van der Waals surface area contributed by atoms with Crippen LogP contribution in [0.3, 0.4) is 0 Å². The molecular formula is C21H25NO7. The van der Waals surface area contributed by atoms with Crippen molar-refractivity contribution in [2.75, 3.05) is 34.2 Å². The molecule has 156 valence electrons. The monoisotopic (exact) mass is 403 g/mol. The van der Waals surface area contributed by atoms with Gasteiger partial charge in [0, 0.05) is 5.92 Å². The predicted molar refractivity (Wildman–Crippen MR) is 103 cm³/mol. The second-order valence-corrected chi connectivity index (χ2v) is 7.26. The smallest absolute Gasteiger partial charge is 0.231 e. The van der Waals surface area contributed by atoms with Crippen LogP contribution >= 0.6 is 0 Å². The van der Waals surface area contributed by atoms with E-state index in [2.05, 4.69) is 0 Å². The molecule has 2 aliphatic heterocycles. The zero-order valence-corrected chi connectivity index (χ0v) is 16.3. The summed E-state index contributed by atoms with van der Waals surface area (Å²) in [7, 11) is 3.08. The lowest BCUT2D eigenvalue weighted by atomic mass is 9.76. The molecular weight excluding hydrogens is 378 g/mol. The number of ether oxygens (including phenoxy) is 5. The van der Waals surface area contributed by atoms with Crippen molar-refractivity contribution in [2.24, 2.45) is 11.7 Å². The first-order valence-corrected chi connectivity index (χ1v) is 9.32. The highest BCUT2D eigenvalue weighted by Gasteiger charge is 2.52. The molecule has 2 aromatic rings. The first kappa shape index (κ1) is 19.8. The first-order chi connectivity index (χ1) is 14.0. The van der Waals surface area contributed by atoms with Crippen molar-refractivity contribution in [1.29, 1.82) is 0 Å². The molecule has 0 spiro atoms. The summed E-state index contributed by atoms with van der Waals surface area (Å²) in [6.45, 7) is -0.00841. The van der Waals surface area contributed by atoms with E-state index < -0.39 is 23.7 Å². The van der Waals surface area contributed by atoms with Gasteiger partial charge in [-0.15, -0.1) is 0 Å². The van der Waals surface area contributed by atoms with Crippen molar-refractivity contribution in [1.82, 2.24) is 0 Å². The van der Waals surface area contributed by atoms with Crippen molar-refractivity contribution < 1.29 is 33.9 Å². The molecule has 1 fully saturated rings. The van der Waals surface area contributed by atoms with E-state index in [9.17, 15) is 10.2 Å². The second kappa shape index (κ2) is 7.72. The van der Waals surface area contributed by atoms with Crippen molar-refractivity contribution in [3.8, 4) is 23.0 Å². The Hall–Kier alpha value is -2.52. The van der Waals surface area contributed by atoms with Gasteiger partial charge < -0.3 is 39.6 Å². The second-order valence-electron chi connectivity index (χ2n) is 7.26. The summed E-state index contributed by atoms with van der Waals surface area (Å²) in [4.78, 5) is 0. The van der Waals surface area contributed by atoms with Gasteiger partial charge in [-0.3, -0.25) is 0 Å². The predicted octanol–water partition coefficient (Wildman–Crippen LogP) is 1.54. The Morgan fingerprint density at radius 1 is 1.10 bits per heavy atom. The highest BCUT2D eigenvalue weighted by Crippen LogP contribution is 2.47. The molecule has 4 N–H and O–H groups in total. The summed E-state index contributed by atoms with van der Waals surface area (Å²) >= 11 is 0. The van der Waals surface area contributed by atoms with Crippen molar-refractivity contribution in [2.45, 2.75) is 17.7 Å². The van der Waals surface area contributed by atoms with Crippen molar-refractivity contribution >= 4 is 0 Å². The van der Waals surface area contributed by atoms with Crippen LogP contribution in [0.4, 0.5) is 0 Å². The van der Waals surface area contributed by atoms with Crippen LogP contribution in [0.1, 0.15) is 23.3 Å². The summed E-state index contributed by atoms with van der Waals surface area (Å²) in [6, 6.07) is 10.6. The molecule has 0 unspecified atom stereocenters. The van der Waals surface area contributed by atoms with Crippen molar-refractivity contribution in [3.05, 3.63) is 47.5 Å². The minimum atomic E-state index is -1.19. The topological polar surface area (TPSA) is 113 Å². The molecule has 0 aliphatic carbocycles. The van der Waals surface area contributed by atoms with Gasteiger partial charge in [-0.1, -0.05) is 12.1 Å². The molecule has 0 saturated carbocycles. The van der Waals surface area contributed by atoms with Gasteiger partial charge in [-0.25, -0.2) is 0 Å². The van der Waals surface area contributed by atoms with Gasteiger partial charge in [0.15, 0.2) is 23.0 Å². The van der Waals surface area contributed by atoms with Crippen LogP contribution < -0.4 is 24.7 Å². The largest absolute Gasteiger partial charge is 0.493 e. The highest BCUT2D eigenvalue weighted by molar-refractivity contribution is 5.46. The van der Waals surface area contributed by atoms with Gasteiger partial charge >= 0.3 is 0 Å². The molecule has 4 atom stereocenters. The number of rotatable bonds is 6. The van der Waals surface area contributed by atoms with Crippen LogP contribution in [0.25, 0.3) is 0 Å². The summed E-state index contributed by atoms with van der Waals surface area (Å²) in [6.07, 6.45) is -1.58. The fourth-order valence-corrected chi connectivity index (χ4v) is 4.04. The molecule has 0 radical (unpaired) electrons. The third-order valence-corrected chi connectivity index (χ3v) is 5.72. The lowest BCUT2D eigenvalue weighted by Gasteiger charge is -2.35. The third-order valence-electron chi connectivity index (χ3n) is 5.72. The fraction of sp³-hybridized carbons (Fsp3) is 0.429. The van der Waals surface area contributed by atoms with E-state index in [4.69, 9.17) is 29.4 Å². The average Bonchev–Trinajstić information content (AvgIpc) is 3.36. The number of benzene rings is 2.